The third kappa shape index (κ3) is 2.52. The Morgan fingerprint density at radius 1 is 1.27 bits per heavy atom. The Balaban J connectivity index is 1.82. The first-order valence-electron chi connectivity index (χ1n) is 8.06. The van der Waals surface area contributed by atoms with Crippen molar-refractivity contribution in [3.05, 3.63) is 77.4 Å². The van der Waals surface area contributed by atoms with Crippen LogP contribution in [-0.2, 0) is 12.5 Å². The summed E-state index contributed by atoms with van der Waals surface area (Å²) in [4.78, 5) is 13.0. The van der Waals surface area contributed by atoms with E-state index in [0.29, 0.717) is 17.8 Å². The lowest BCUT2D eigenvalue weighted by Crippen LogP contribution is -2.30. The van der Waals surface area contributed by atoms with E-state index in [9.17, 15) is 9.90 Å². The van der Waals surface area contributed by atoms with Gasteiger partial charge < -0.3 is 5.11 Å². The van der Waals surface area contributed by atoms with Gasteiger partial charge in [0.05, 0.1) is 17.3 Å². The fraction of sp³-hybridized carbons (Fsp3) is 0.167. The van der Waals surface area contributed by atoms with Crippen molar-refractivity contribution in [1.82, 2.24) is 30.4 Å². The van der Waals surface area contributed by atoms with E-state index in [-0.39, 0.29) is 5.69 Å². The van der Waals surface area contributed by atoms with Gasteiger partial charge >= 0.3 is 5.97 Å². The summed E-state index contributed by atoms with van der Waals surface area (Å²) in [5, 5.41) is 28.4. The molecule has 8 heteroatoms. The van der Waals surface area contributed by atoms with Crippen molar-refractivity contribution in [3.8, 4) is 0 Å². The Hall–Kier alpha value is -3.55. The number of hydrogen-bond acceptors (Lipinski definition) is 5. The average molecular weight is 348 g/mol. The van der Waals surface area contributed by atoms with E-state index in [4.69, 9.17) is 0 Å². The maximum absolute atomic E-state index is 11.6. The molecule has 2 aromatic heterocycles. The molecular formula is C18H16N6O2. The fourth-order valence-corrected chi connectivity index (χ4v) is 3.21. The highest BCUT2D eigenvalue weighted by Gasteiger charge is 2.41. The molecule has 1 aromatic carbocycles. The van der Waals surface area contributed by atoms with Gasteiger partial charge in [-0.05, 0) is 17.6 Å². The molecule has 1 aliphatic carbocycles. The quantitative estimate of drug-likeness (QED) is 0.746. The molecule has 8 nitrogen and oxygen atoms in total. The lowest BCUT2D eigenvalue weighted by Gasteiger charge is -2.29. The summed E-state index contributed by atoms with van der Waals surface area (Å²) in [5.41, 5.74) is 2.14. The van der Waals surface area contributed by atoms with Crippen LogP contribution in [0.25, 0.3) is 5.57 Å². The molecule has 0 saturated carbocycles. The molecule has 1 atom stereocenters. The van der Waals surface area contributed by atoms with Gasteiger partial charge in [0.15, 0.2) is 5.69 Å². The Bertz CT molecular complexity index is 1020. The van der Waals surface area contributed by atoms with E-state index >= 15 is 0 Å². The van der Waals surface area contributed by atoms with Crippen LogP contribution < -0.4 is 0 Å². The van der Waals surface area contributed by atoms with Crippen LogP contribution >= 0.6 is 0 Å². The minimum Gasteiger partial charge on any atom is -0.476 e. The second kappa shape index (κ2) is 6.07. The van der Waals surface area contributed by atoms with Crippen LogP contribution in [0.5, 0.6) is 0 Å². The molecule has 0 saturated heterocycles. The number of allylic oxidation sites excluding steroid dienone is 4. The van der Waals surface area contributed by atoms with Crippen molar-refractivity contribution in [2.24, 2.45) is 7.05 Å². The molecule has 1 aliphatic rings. The molecule has 2 heterocycles. The van der Waals surface area contributed by atoms with Crippen molar-refractivity contribution in [2.75, 3.05) is 0 Å². The van der Waals surface area contributed by atoms with E-state index in [0.717, 1.165) is 11.1 Å². The number of carbonyl (C=O) groups is 1. The minimum absolute atomic E-state index is 0.114. The van der Waals surface area contributed by atoms with Gasteiger partial charge in [0, 0.05) is 7.05 Å². The normalized spacial score (nSPS) is 19.3. The molecule has 2 N–H and O–H groups in total. The number of hydrogen-bond donors (Lipinski definition) is 2. The van der Waals surface area contributed by atoms with Gasteiger partial charge in [-0.3, -0.25) is 0 Å². The van der Waals surface area contributed by atoms with Crippen LogP contribution in [0.1, 0.15) is 33.9 Å². The number of carboxylic acid groups (broad SMARTS) is 1. The zero-order valence-corrected chi connectivity index (χ0v) is 14.0. The molecule has 0 amide bonds. The molecule has 0 radical (unpaired) electrons. The number of benzene rings is 1. The second-order valence-corrected chi connectivity index (χ2v) is 6.08. The van der Waals surface area contributed by atoms with E-state index in [1.54, 1.807) is 13.2 Å². The zero-order valence-electron chi connectivity index (χ0n) is 14.0. The van der Waals surface area contributed by atoms with Gasteiger partial charge in [-0.25, -0.2) is 4.79 Å². The first kappa shape index (κ1) is 15.9. The van der Waals surface area contributed by atoms with E-state index in [2.05, 4.69) is 31.7 Å². The molecule has 0 bridgehead atoms. The number of aromatic carboxylic acids is 1. The third-order valence-electron chi connectivity index (χ3n) is 4.53. The van der Waals surface area contributed by atoms with Crippen LogP contribution in [0.2, 0.25) is 0 Å². The average Bonchev–Trinajstić information content (AvgIpc) is 3.32. The van der Waals surface area contributed by atoms with Crippen LogP contribution in [-0.4, -0.2) is 41.5 Å². The van der Waals surface area contributed by atoms with Gasteiger partial charge in [0.25, 0.3) is 0 Å². The molecule has 0 aliphatic heterocycles. The lowest BCUT2D eigenvalue weighted by atomic mass is 9.73. The van der Waals surface area contributed by atoms with Gasteiger partial charge in [-0.1, -0.05) is 48.6 Å². The number of H-pyrrole nitrogens is 1. The van der Waals surface area contributed by atoms with E-state index in [1.807, 2.05) is 42.5 Å². The molecular weight excluding hydrogens is 332 g/mol. The summed E-state index contributed by atoms with van der Waals surface area (Å²) in [6.45, 7) is 0. The Morgan fingerprint density at radius 3 is 2.69 bits per heavy atom. The summed E-state index contributed by atoms with van der Waals surface area (Å²) in [5.74, 6) is -1.14. The SMILES string of the molecule is Cn1ncc(C2(c3n[nH]nc3C(=O)O)C=CC(c3ccccc3)=CC2)n1. The highest BCUT2D eigenvalue weighted by Crippen LogP contribution is 2.41. The topological polar surface area (TPSA) is 110 Å². The van der Waals surface area contributed by atoms with Crippen molar-refractivity contribution < 1.29 is 9.90 Å². The number of rotatable bonds is 4. The Morgan fingerprint density at radius 2 is 2.08 bits per heavy atom. The number of nitrogens with one attached hydrogen (secondary N) is 1. The summed E-state index contributed by atoms with van der Waals surface area (Å²) in [6.07, 6.45) is 8.09. The highest BCUT2D eigenvalue weighted by atomic mass is 16.4. The smallest absolute Gasteiger partial charge is 0.358 e. The zero-order chi connectivity index (χ0) is 18.1. The van der Waals surface area contributed by atoms with Crippen molar-refractivity contribution in [2.45, 2.75) is 11.8 Å². The monoisotopic (exact) mass is 348 g/mol. The number of nitrogens with zero attached hydrogens (tertiary/aromatic N) is 5. The number of aromatic amines is 1. The maximum atomic E-state index is 11.6. The number of aromatic nitrogens is 6. The first-order chi connectivity index (χ1) is 12.6. The fourth-order valence-electron chi connectivity index (χ4n) is 3.21. The maximum Gasteiger partial charge on any atom is 0.358 e. The minimum atomic E-state index is -1.14. The van der Waals surface area contributed by atoms with Crippen LogP contribution in [0, 0.1) is 0 Å². The predicted octanol–water partition coefficient (Wildman–Crippen LogP) is 1.96. The van der Waals surface area contributed by atoms with E-state index in [1.165, 1.54) is 4.80 Å². The van der Waals surface area contributed by atoms with Crippen LogP contribution in [0.3, 0.4) is 0 Å². The van der Waals surface area contributed by atoms with Crippen LogP contribution in [0.4, 0.5) is 0 Å². The summed E-state index contributed by atoms with van der Waals surface area (Å²) >= 11 is 0. The molecule has 130 valence electrons. The standard InChI is InChI=1S/C18H16N6O2/c1-24-19-11-14(22-24)18(16-15(17(25)26)20-23-21-16)9-7-13(8-10-18)12-5-3-2-4-6-12/h2-9,11H,10H2,1H3,(H,25,26)(H,20,21,23). The highest BCUT2D eigenvalue weighted by molar-refractivity contribution is 5.87. The van der Waals surface area contributed by atoms with Crippen molar-refractivity contribution in [3.63, 3.8) is 0 Å². The summed E-state index contributed by atoms with van der Waals surface area (Å²) in [6, 6.07) is 9.99. The molecule has 4 rings (SSSR count). The molecule has 26 heavy (non-hydrogen) atoms. The Labute approximate surface area is 148 Å². The van der Waals surface area contributed by atoms with Crippen LogP contribution in [0.15, 0.2) is 54.8 Å². The summed E-state index contributed by atoms with van der Waals surface area (Å²) in [7, 11) is 1.72. The van der Waals surface area contributed by atoms with Gasteiger partial charge in [-0.2, -0.15) is 25.3 Å². The predicted molar refractivity (Wildman–Crippen MR) is 93.3 cm³/mol. The second-order valence-electron chi connectivity index (χ2n) is 6.08. The van der Waals surface area contributed by atoms with Crippen molar-refractivity contribution >= 4 is 11.5 Å². The Kier molecular flexibility index (Phi) is 3.72. The number of carboxylic acids is 1. The van der Waals surface area contributed by atoms with E-state index < -0.39 is 11.4 Å². The summed E-state index contributed by atoms with van der Waals surface area (Å²) < 4.78 is 0. The number of aryl methyl sites for hydroxylation is 1. The first-order valence-corrected chi connectivity index (χ1v) is 8.06. The van der Waals surface area contributed by atoms with Gasteiger partial charge in [0.2, 0.25) is 0 Å². The largest absolute Gasteiger partial charge is 0.476 e. The molecule has 1 unspecified atom stereocenters. The van der Waals surface area contributed by atoms with Crippen molar-refractivity contribution in [1.29, 1.82) is 0 Å². The molecule has 3 aromatic rings. The third-order valence-corrected chi connectivity index (χ3v) is 4.53. The molecule has 0 fully saturated rings. The van der Waals surface area contributed by atoms with Gasteiger partial charge in [-0.15, -0.1) is 5.10 Å². The van der Waals surface area contributed by atoms with Gasteiger partial charge in [0.1, 0.15) is 5.69 Å². The molecule has 0 spiro atoms. The lowest BCUT2D eigenvalue weighted by molar-refractivity contribution is 0.0688.